The predicted molar refractivity (Wildman–Crippen MR) is 60.4 cm³/mol. The normalized spacial score (nSPS) is 24.4. The van der Waals surface area contributed by atoms with Crippen LogP contribution in [0, 0.1) is 5.82 Å². The molecule has 16 heavy (non-hydrogen) atoms. The van der Waals surface area contributed by atoms with Gasteiger partial charge in [-0.05, 0) is 19.4 Å². The highest BCUT2D eigenvalue weighted by Crippen LogP contribution is 2.23. The fraction of sp³-hybridized carbons (Fsp3) is 0.500. The lowest BCUT2D eigenvalue weighted by Crippen LogP contribution is -2.26. The molecule has 2 atom stereocenters. The molecule has 1 aliphatic heterocycles. The second-order valence-electron chi connectivity index (χ2n) is 4.00. The molecular formula is C12H16FNO2. The van der Waals surface area contributed by atoms with E-state index < -0.39 is 0 Å². The number of hydrogen-bond donors (Lipinski definition) is 1. The lowest BCUT2D eigenvalue weighted by atomic mass is 10.1. The van der Waals surface area contributed by atoms with Crippen LogP contribution >= 0.6 is 0 Å². The van der Waals surface area contributed by atoms with Crippen LogP contribution in [0.5, 0.6) is 5.75 Å². The van der Waals surface area contributed by atoms with Crippen molar-refractivity contribution < 1.29 is 13.9 Å². The molecule has 0 saturated carbocycles. The van der Waals surface area contributed by atoms with E-state index in [9.17, 15) is 4.39 Å². The summed E-state index contributed by atoms with van der Waals surface area (Å²) in [5.74, 6) is 0.225. The highest BCUT2D eigenvalue weighted by molar-refractivity contribution is 5.49. The van der Waals surface area contributed by atoms with Gasteiger partial charge in [0.1, 0.15) is 11.6 Å². The summed E-state index contributed by atoms with van der Waals surface area (Å²) in [6.45, 7) is 2.77. The molecule has 0 spiro atoms. The molecular weight excluding hydrogens is 209 g/mol. The van der Waals surface area contributed by atoms with E-state index in [-0.39, 0.29) is 18.0 Å². The van der Waals surface area contributed by atoms with Crippen molar-refractivity contribution in [1.82, 2.24) is 0 Å². The molecule has 4 heteroatoms. The highest BCUT2D eigenvalue weighted by atomic mass is 19.1. The van der Waals surface area contributed by atoms with Gasteiger partial charge in [0.2, 0.25) is 0 Å². The molecule has 0 aliphatic carbocycles. The van der Waals surface area contributed by atoms with E-state index in [0.717, 1.165) is 18.7 Å². The summed E-state index contributed by atoms with van der Waals surface area (Å²) in [5, 5.41) is 3.26. The third-order valence-corrected chi connectivity index (χ3v) is 2.84. The second-order valence-corrected chi connectivity index (χ2v) is 4.00. The number of benzene rings is 1. The van der Waals surface area contributed by atoms with Gasteiger partial charge < -0.3 is 14.8 Å². The Morgan fingerprint density at radius 2 is 2.25 bits per heavy atom. The average Bonchev–Trinajstić information content (AvgIpc) is 2.63. The van der Waals surface area contributed by atoms with Crippen molar-refractivity contribution in [2.75, 3.05) is 19.0 Å². The molecule has 0 amide bonds. The molecule has 2 rings (SSSR count). The Bertz CT molecular complexity index is 370. The van der Waals surface area contributed by atoms with Crippen LogP contribution in [0.25, 0.3) is 0 Å². The minimum Gasteiger partial charge on any atom is -0.497 e. The summed E-state index contributed by atoms with van der Waals surface area (Å²) >= 11 is 0. The maximum absolute atomic E-state index is 13.2. The Balaban J connectivity index is 2.11. The second kappa shape index (κ2) is 4.70. The van der Waals surface area contributed by atoms with Crippen molar-refractivity contribution in [2.24, 2.45) is 0 Å². The van der Waals surface area contributed by atoms with Crippen LogP contribution in [-0.2, 0) is 4.74 Å². The molecule has 0 radical (unpaired) electrons. The minimum atomic E-state index is -0.298. The Morgan fingerprint density at radius 1 is 1.44 bits per heavy atom. The first kappa shape index (κ1) is 11.2. The van der Waals surface area contributed by atoms with Gasteiger partial charge in [-0.25, -0.2) is 4.39 Å². The molecule has 0 bridgehead atoms. The Morgan fingerprint density at radius 3 is 2.88 bits per heavy atom. The summed E-state index contributed by atoms with van der Waals surface area (Å²) in [5.41, 5.74) is 0.735. The van der Waals surface area contributed by atoms with Gasteiger partial charge in [0.15, 0.2) is 0 Å². The van der Waals surface area contributed by atoms with Crippen molar-refractivity contribution >= 4 is 5.69 Å². The standard InChI is InChI=1S/C12H16FNO2/c1-8-12(3-4-16-8)14-10-5-9(13)6-11(7-10)15-2/h5-8,12,14H,3-4H2,1-2H3. The van der Waals surface area contributed by atoms with Crippen molar-refractivity contribution in [2.45, 2.75) is 25.5 Å². The van der Waals surface area contributed by atoms with Crippen LogP contribution in [0.1, 0.15) is 13.3 Å². The summed E-state index contributed by atoms with van der Waals surface area (Å²) < 4.78 is 23.7. The number of nitrogens with one attached hydrogen (secondary N) is 1. The van der Waals surface area contributed by atoms with Gasteiger partial charge in [-0.2, -0.15) is 0 Å². The Labute approximate surface area is 94.6 Å². The number of halogens is 1. The number of anilines is 1. The lowest BCUT2D eigenvalue weighted by molar-refractivity contribution is 0.121. The Kier molecular flexibility index (Phi) is 3.29. The smallest absolute Gasteiger partial charge is 0.128 e. The topological polar surface area (TPSA) is 30.5 Å². The van der Waals surface area contributed by atoms with Crippen LogP contribution in [0.2, 0.25) is 0 Å². The summed E-state index contributed by atoms with van der Waals surface area (Å²) in [6, 6.07) is 4.85. The number of ether oxygens (including phenoxy) is 2. The van der Waals surface area contributed by atoms with Crippen molar-refractivity contribution in [3.05, 3.63) is 24.0 Å². The van der Waals surface area contributed by atoms with Gasteiger partial charge in [-0.1, -0.05) is 0 Å². The van der Waals surface area contributed by atoms with Crippen LogP contribution < -0.4 is 10.1 Å². The first-order chi connectivity index (χ1) is 7.69. The molecule has 1 heterocycles. The SMILES string of the molecule is COc1cc(F)cc(NC2CCOC2C)c1. The maximum atomic E-state index is 13.2. The van der Waals surface area contributed by atoms with Gasteiger partial charge in [0.05, 0.1) is 19.3 Å². The molecule has 2 unspecified atom stereocenters. The average molecular weight is 225 g/mol. The molecule has 1 saturated heterocycles. The first-order valence-corrected chi connectivity index (χ1v) is 5.42. The number of methoxy groups -OCH3 is 1. The van der Waals surface area contributed by atoms with Crippen LogP contribution in [-0.4, -0.2) is 25.9 Å². The van der Waals surface area contributed by atoms with Gasteiger partial charge in [0.25, 0.3) is 0 Å². The first-order valence-electron chi connectivity index (χ1n) is 5.42. The van der Waals surface area contributed by atoms with E-state index >= 15 is 0 Å². The monoisotopic (exact) mass is 225 g/mol. The fourth-order valence-corrected chi connectivity index (χ4v) is 1.90. The summed E-state index contributed by atoms with van der Waals surface area (Å²) in [4.78, 5) is 0. The van der Waals surface area contributed by atoms with E-state index in [1.165, 1.54) is 19.2 Å². The molecule has 1 N–H and O–H groups in total. The summed E-state index contributed by atoms with van der Waals surface area (Å²) in [6.07, 6.45) is 1.11. The fourth-order valence-electron chi connectivity index (χ4n) is 1.90. The molecule has 1 aromatic carbocycles. The van der Waals surface area contributed by atoms with Gasteiger partial charge in [0, 0.05) is 24.4 Å². The third kappa shape index (κ3) is 2.44. The Hall–Kier alpha value is -1.29. The van der Waals surface area contributed by atoms with Crippen LogP contribution in [0.3, 0.4) is 0 Å². The lowest BCUT2D eigenvalue weighted by Gasteiger charge is -2.17. The van der Waals surface area contributed by atoms with Crippen molar-refractivity contribution in [3.63, 3.8) is 0 Å². The van der Waals surface area contributed by atoms with E-state index in [1.807, 2.05) is 6.92 Å². The number of hydrogen-bond acceptors (Lipinski definition) is 3. The third-order valence-electron chi connectivity index (χ3n) is 2.84. The van der Waals surface area contributed by atoms with E-state index in [1.54, 1.807) is 6.07 Å². The van der Waals surface area contributed by atoms with Crippen molar-refractivity contribution in [1.29, 1.82) is 0 Å². The van der Waals surface area contributed by atoms with Crippen LogP contribution in [0.4, 0.5) is 10.1 Å². The van der Waals surface area contributed by atoms with E-state index in [4.69, 9.17) is 9.47 Å². The molecule has 1 aromatic rings. The van der Waals surface area contributed by atoms with Crippen LogP contribution in [0.15, 0.2) is 18.2 Å². The maximum Gasteiger partial charge on any atom is 0.128 e. The molecule has 1 aliphatic rings. The highest BCUT2D eigenvalue weighted by Gasteiger charge is 2.23. The quantitative estimate of drug-likeness (QED) is 0.857. The zero-order valence-corrected chi connectivity index (χ0v) is 9.50. The van der Waals surface area contributed by atoms with Gasteiger partial charge in [-0.15, -0.1) is 0 Å². The minimum absolute atomic E-state index is 0.161. The number of rotatable bonds is 3. The van der Waals surface area contributed by atoms with E-state index in [0.29, 0.717) is 5.75 Å². The molecule has 3 nitrogen and oxygen atoms in total. The summed E-state index contributed by atoms with van der Waals surface area (Å²) in [7, 11) is 1.53. The molecule has 0 aromatic heterocycles. The molecule has 1 fully saturated rings. The van der Waals surface area contributed by atoms with Crippen molar-refractivity contribution in [3.8, 4) is 5.75 Å². The van der Waals surface area contributed by atoms with Gasteiger partial charge in [-0.3, -0.25) is 0 Å². The zero-order valence-electron chi connectivity index (χ0n) is 9.50. The predicted octanol–water partition coefficient (Wildman–Crippen LogP) is 2.42. The van der Waals surface area contributed by atoms with Gasteiger partial charge >= 0.3 is 0 Å². The largest absolute Gasteiger partial charge is 0.497 e. The molecule has 88 valence electrons. The zero-order chi connectivity index (χ0) is 11.5. The van der Waals surface area contributed by atoms with E-state index in [2.05, 4.69) is 5.32 Å².